The van der Waals surface area contributed by atoms with Crippen molar-refractivity contribution < 1.29 is 24.2 Å². The Hall–Kier alpha value is -4.85. The summed E-state index contributed by atoms with van der Waals surface area (Å²) in [7, 11) is 2.82. The summed E-state index contributed by atoms with van der Waals surface area (Å²) in [5.41, 5.74) is 4.26. The topological polar surface area (TPSA) is 109 Å². The van der Waals surface area contributed by atoms with Crippen molar-refractivity contribution in [1.82, 2.24) is 10.7 Å². The van der Waals surface area contributed by atoms with Crippen molar-refractivity contribution in [3.05, 3.63) is 107 Å². The van der Waals surface area contributed by atoms with Crippen molar-refractivity contribution in [2.75, 3.05) is 14.2 Å². The zero-order chi connectivity index (χ0) is 25.0. The highest BCUT2D eigenvalue weighted by molar-refractivity contribution is 6.03. The van der Waals surface area contributed by atoms with E-state index in [-0.39, 0.29) is 22.9 Å². The molecular formula is C27H25N3O5. The molecule has 0 atom stereocenters. The Bertz CT molecular complexity index is 1230. The highest BCUT2D eigenvalue weighted by atomic mass is 16.5. The standard InChI is InChI=1S/C27H25N3O5/c1-34-23-16-20(17-24(35-2)25(23)31)18-28-30-27(33)22(15-9-12-19-10-5-3-6-11-19)29-26(32)21-13-7-4-8-14-21/h3-18,31H,1-2H3,(H,29,32)(H,30,33)/b12-9+,22-15-,28-18-. The van der Waals surface area contributed by atoms with Crippen LogP contribution in [0.2, 0.25) is 0 Å². The van der Waals surface area contributed by atoms with Gasteiger partial charge in [0, 0.05) is 11.1 Å². The van der Waals surface area contributed by atoms with Crippen LogP contribution in [0.15, 0.2) is 95.7 Å². The van der Waals surface area contributed by atoms with Gasteiger partial charge in [-0.15, -0.1) is 0 Å². The molecule has 0 aromatic heterocycles. The first kappa shape index (κ1) is 24.8. The van der Waals surface area contributed by atoms with Gasteiger partial charge in [-0.25, -0.2) is 5.43 Å². The number of methoxy groups -OCH3 is 2. The molecule has 3 aromatic rings. The van der Waals surface area contributed by atoms with Crippen molar-refractivity contribution in [3.63, 3.8) is 0 Å². The molecule has 8 heteroatoms. The fourth-order valence-electron chi connectivity index (χ4n) is 2.99. The molecular weight excluding hydrogens is 446 g/mol. The summed E-state index contributed by atoms with van der Waals surface area (Å²) in [6.45, 7) is 0. The monoisotopic (exact) mass is 471 g/mol. The summed E-state index contributed by atoms with van der Waals surface area (Å²) in [6, 6.07) is 21.2. The lowest BCUT2D eigenvalue weighted by Gasteiger charge is -2.10. The smallest absolute Gasteiger partial charge is 0.287 e. The molecule has 0 aliphatic carbocycles. The Balaban J connectivity index is 1.78. The number of ether oxygens (including phenoxy) is 2. The highest BCUT2D eigenvalue weighted by Crippen LogP contribution is 2.36. The third kappa shape index (κ3) is 7.06. The molecule has 0 radical (unpaired) electrons. The maximum atomic E-state index is 12.8. The molecule has 0 aliphatic heterocycles. The molecule has 3 rings (SSSR count). The number of amides is 2. The first-order valence-corrected chi connectivity index (χ1v) is 10.6. The van der Waals surface area contributed by atoms with Gasteiger partial charge in [-0.1, -0.05) is 60.7 Å². The van der Waals surface area contributed by atoms with E-state index in [1.165, 1.54) is 38.6 Å². The quantitative estimate of drug-likeness (QED) is 0.190. The second-order valence-electron chi connectivity index (χ2n) is 7.14. The number of carbonyl (C=O) groups is 2. The molecule has 0 bridgehead atoms. The van der Waals surface area contributed by atoms with Crippen molar-refractivity contribution >= 4 is 24.1 Å². The number of aromatic hydroxyl groups is 1. The average molecular weight is 472 g/mol. The lowest BCUT2D eigenvalue weighted by molar-refractivity contribution is -0.117. The summed E-state index contributed by atoms with van der Waals surface area (Å²) in [5.74, 6) is -0.814. The number of phenolic OH excluding ortho intramolecular Hbond substituents is 1. The Morgan fingerprint density at radius 1 is 0.886 bits per heavy atom. The van der Waals surface area contributed by atoms with E-state index in [0.29, 0.717) is 11.1 Å². The molecule has 8 nitrogen and oxygen atoms in total. The van der Waals surface area contributed by atoms with Crippen LogP contribution < -0.4 is 20.2 Å². The van der Waals surface area contributed by atoms with Crippen molar-refractivity contribution in [2.45, 2.75) is 0 Å². The number of nitrogens with zero attached hydrogens (tertiary/aromatic N) is 1. The first-order chi connectivity index (χ1) is 17.0. The summed E-state index contributed by atoms with van der Waals surface area (Å²) < 4.78 is 10.2. The Labute approximate surface area is 203 Å². The van der Waals surface area contributed by atoms with Crippen LogP contribution in [-0.4, -0.2) is 37.4 Å². The van der Waals surface area contributed by atoms with E-state index < -0.39 is 11.8 Å². The maximum Gasteiger partial charge on any atom is 0.287 e. The molecule has 3 N–H and O–H groups in total. The molecule has 0 aliphatic rings. The predicted molar refractivity (Wildman–Crippen MR) is 134 cm³/mol. The number of allylic oxidation sites excluding steroid dienone is 2. The minimum Gasteiger partial charge on any atom is -0.502 e. The van der Waals surface area contributed by atoms with Gasteiger partial charge in [0.2, 0.25) is 5.75 Å². The lowest BCUT2D eigenvalue weighted by atomic mass is 10.2. The third-order valence-corrected chi connectivity index (χ3v) is 4.76. The molecule has 0 fully saturated rings. The van der Waals surface area contributed by atoms with E-state index in [9.17, 15) is 14.7 Å². The van der Waals surface area contributed by atoms with Crippen LogP contribution in [-0.2, 0) is 4.79 Å². The third-order valence-electron chi connectivity index (χ3n) is 4.76. The zero-order valence-corrected chi connectivity index (χ0v) is 19.3. The normalized spacial score (nSPS) is 11.4. The largest absolute Gasteiger partial charge is 0.502 e. The van der Waals surface area contributed by atoms with Crippen LogP contribution >= 0.6 is 0 Å². The summed E-state index contributed by atoms with van der Waals surface area (Å²) >= 11 is 0. The molecule has 0 saturated carbocycles. The van der Waals surface area contributed by atoms with Crippen LogP contribution in [0, 0.1) is 0 Å². The van der Waals surface area contributed by atoms with E-state index in [4.69, 9.17) is 9.47 Å². The van der Waals surface area contributed by atoms with Crippen LogP contribution in [0.25, 0.3) is 6.08 Å². The second kappa shape index (κ2) is 12.4. The molecule has 3 aromatic carbocycles. The number of hydrazone groups is 1. The first-order valence-electron chi connectivity index (χ1n) is 10.6. The van der Waals surface area contributed by atoms with Gasteiger partial charge in [0.25, 0.3) is 11.8 Å². The average Bonchev–Trinajstić information content (AvgIpc) is 2.89. The molecule has 178 valence electrons. The molecule has 0 saturated heterocycles. The van der Waals surface area contributed by atoms with Crippen LogP contribution in [0.1, 0.15) is 21.5 Å². The van der Waals surface area contributed by atoms with Gasteiger partial charge in [0.05, 0.1) is 20.4 Å². The van der Waals surface area contributed by atoms with Gasteiger partial charge in [0.15, 0.2) is 11.5 Å². The van der Waals surface area contributed by atoms with Gasteiger partial charge >= 0.3 is 0 Å². The van der Waals surface area contributed by atoms with Crippen LogP contribution in [0.5, 0.6) is 17.2 Å². The number of phenols is 1. The summed E-state index contributed by atoms with van der Waals surface area (Å²) in [6.07, 6.45) is 6.32. The van der Waals surface area contributed by atoms with Gasteiger partial charge in [0.1, 0.15) is 5.70 Å². The predicted octanol–water partition coefficient (Wildman–Crippen LogP) is 3.89. The Morgan fingerprint density at radius 2 is 1.49 bits per heavy atom. The van der Waals surface area contributed by atoms with E-state index in [1.807, 2.05) is 30.3 Å². The number of hydrogen-bond acceptors (Lipinski definition) is 6. The number of carbonyl (C=O) groups excluding carboxylic acids is 2. The minimum absolute atomic E-state index is 0.00375. The van der Waals surface area contributed by atoms with Gasteiger partial charge in [-0.2, -0.15) is 5.10 Å². The molecule has 35 heavy (non-hydrogen) atoms. The van der Waals surface area contributed by atoms with Crippen molar-refractivity contribution in [1.29, 1.82) is 0 Å². The fourth-order valence-corrected chi connectivity index (χ4v) is 2.99. The fraction of sp³-hybridized carbons (Fsp3) is 0.0741. The number of nitrogens with one attached hydrogen (secondary N) is 2. The Kier molecular flexibility index (Phi) is 8.79. The van der Waals surface area contributed by atoms with Crippen molar-refractivity contribution in [3.8, 4) is 17.2 Å². The van der Waals surface area contributed by atoms with Gasteiger partial charge in [-0.05, 0) is 35.9 Å². The maximum absolute atomic E-state index is 12.8. The van der Waals surface area contributed by atoms with Crippen molar-refractivity contribution in [2.24, 2.45) is 5.10 Å². The van der Waals surface area contributed by atoms with E-state index >= 15 is 0 Å². The zero-order valence-electron chi connectivity index (χ0n) is 19.3. The number of rotatable bonds is 9. The highest BCUT2D eigenvalue weighted by Gasteiger charge is 2.14. The summed E-state index contributed by atoms with van der Waals surface area (Å²) in [5, 5.41) is 16.6. The van der Waals surface area contributed by atoms with E-state index in [1.54, 1.807) is 42.5 Å². The lowest BCUT2D eigenvalue weighted by Crippen LogP contribution is -2.32. The Morgan fingerprint density at radius 3 is 2.09 bits per heavy atom. The van der Waals surface area contributed by atoms with E-state index in [2.05, 4.69) is 15.8 Å². The molecule has 0 spiro atoms. The molecule has 0 unspecified atom stereocenters. The van der Waals surface area contributed by atoms with Gasteiger partial charge in [-0.3, -0.25) is 9.59 Å². The molecule has 0 heterocycles. The number of benzene rings is 3. The van der Waals surface area contributed by atoms with Gasteiger partial charge < -0.3 is 19.9 Å². The SMILES string of the molecule is COc1cc(/C=N\NC(=O)/C(=C/C=C/c2ccccc2)NC(=O)c2ccccc2)cc(OC)c1O. The molecule has 2 amide bonds. The van der Waals surface area contributed by atoms with Crippen LogP contribution in [0.4, 0.5) is 0 Å². The summed E-state index contributed by atoms with van der Waals surface area (Å²) in [4.78, 5) is 25.4. The van der Waals surface area contributed by atoms with E-state index in [0.717, 1.165) is 5.56 Å². The van der Waals surface area contributed by atoms with Crippen LogP contribution in [0.3, 0.4) is 0 Å². The number of hydrogen-bond donors (Lipinski definition) is 3. The second-order valence-corrected chi connectivity index (χ2v) is 7.14. The minimum atomic E-state index is -0.624.